The van der Waals surface area contributed by atoms with Gasteiger partial charge in [-0.1, -0.05) is 64.5 Å². The predicted molar refractivity (Wildman–Crippen MR) is 105 cm³/mol. The molecule has 3 aromatic carbocycles. The molecule has 0 aliphatic rings. The van der Waals surface area contributed by atoms with E-state index in [1.165, 1.54) is 0 Å². The smallest absolute Gasteiger partial charge is 0.259 e. The van der Waals surface area contributed by atoms with Gasteiger partial charge in [0.05, 0.1) is 12.7 Å². The predicted octanol–water partition coefficient (Wildman–Crippen LogP) is 5.69. The first-order chi connectivity index (χ1) is 12.1. The number of aryl methyl sites for hydroxylation is 1. The Hall–Kier alpha value is -2.59. The summed E-state index contributed by atoms with van der Waals surface area (Å²) in [6.07, 6.45) is 0. The Labute approximate surface area is 155 Å². The molecular formula is C21H18BrNO2. The molecule has 126 valence electrons. The van der Waals surface area contributed by atoms with Gasteiger partial charge < -0.3 is 10.1 Å². The van der Waals surface area contributed by atoms with Crippen molar-refractivity contribution < 1.29 is 9.53 Å². The number of carbonyl (C=O) groups excluding carboxylic acids is 1. The van der Waals surface area contributed by atoms with E-state index in [1.54, 1.807) is 13.2 Å². The summed E-state index contributed by atoms with van der Waals surface area (Å²) in [5, 5.41) is 3.01. The van der Waals surface area contributed by atoms with Crippen molar-refractivity contribution in [2.75, 3.05) is 12.4 Å². The Balaban J connectivity index is 1.98. The van der Waals surface area contributed by atoms with E-state index in [1.807, 2.05) is 67.6 Å². The second-order valence-electron chi connectivity index (χ2n) is 5.67. The van der Waals surface area contributed by atoms with E-state index < -0.39 is 0 Å². The number of halogens is 1. The molecule has 0 aromatic heterocycles. The van der Waals surface area contributed by atoms with Gasteiger partial charge in [0.2, 0.25) is 0 Å². The van der Waals surface area contributed by atoms with Crippen LogP contribution in [-0.4, -0.2) is 13.0 Å². The van der Waals surface area contributed by atoms with Gasteiger partial charge in [-0.3, -0.25) is 4.79 Å². The second kappa shape index (κ2) is 7.53. The number of para-hydroxylation sites is 1. The minimum absolute atomic E-state index is 0.204. The van der Waals surface area contributed by atoms with Gasteiger partial charge in [0.1, 0.15) is 5.75 Å². The Morgan fingerprint density at radius 2 is 1.68 bits per heavy atom. The molecule has 0 bridgehead atoms. The number of benzene rings is 3. The zero-order valence-corrected chi connectivity index (χ0v) is 15.6. The van der Waals surface area contributed by atoms with E-state index in [0.717, 1.165) is 26.9 Å². The van der Waals surface area contributed by atoms with Crippen LogP contribution < -0.4 is 10.1 Å². The molecule has 0 saturated carbocycles. The van der Waals surface area contributed by atoms with E-state index in [2.05, 4.69) is 21.2 Å². The van der Waals surface area contributed by atoms with E-state index in [0.29, 0.717) is 11.3 Å². The van der Waals surface area contributed by atoms with Crippen LogP contribution in [-0.2, 0) is 0 Å². The minimum atomic E-state index is -0.204. The molecule has 0 aliphatic carbocycles. The van der Waals surface area contributed by atoms with Crippen LogP contribution in [0.1, 0.15) is 15.9 Å². The van der Waals surface area contributed by atoms with Gasteiger partial charge in [-0.2, -0.15) is 0 Å². The van der Waals surface area contributed by atoms with Crippen molar-refractivity contribution in [3.63, 3.8) is 0 Å². The van der Waals surface area contributed by atoms with Crippen molar-refractivity contribution >= 4 is 27.5 Å². The highest BCUT2D eigenvalue weighted by molar-refractivity contribution is 9.10. The van der Waals surface area contributed by atoms with Crippen LogP contribution >= 0.6 is 15.9 Å². The van der Waals surface area contributed by atoms with Crippen LogP contribution in [0.2, 0.25) is 0 Å². The van der Waals surface area contributed by atoms with Crippen LogP contribution in [0.15, 0.2) is 71.2 Å². The molecule has 0 atom stereocenters. The van der Waals surface area contributed by atoms with E-state index in [-0.39, 0.29) is 5.91 Å². The van der Waals surface area contributed by atoms with Crippen molar-refractivity contribution in [1.82, 2.24) is 0 Å². The molecule has 0 aliphatic heterocycles. The lowest BCUT2D eigenvalue weighted by atomic mass is 10.0. The molecule has 3 aromatic rings. The Kier molecular flexibility index (Phi) is 5.19. The van der Waals surface area contributed by atoms with Gasteiger partial charge in [0.15, 0.2) is 0 Å². The highest BCUT2D eigenvalue weighted by atomic mass is 79.9. The highest BCUT2D eigenvalue weighted by Crippen LogP contribution is 2.31. The van der Waals surface area contributed by atoms with Crippen LogP contribution in [0, 0.1) is 6.92 Å². The average Bonchev–Trinajstić information content (AvgIpc) is 2.62. The second-order valence-corrected chi connectivity index (χ2v) is 6.58. The summed E-state index contributed by atoms with van der Waals surface area (Å²) in [5.74, 6) is 0.377. The molecule has 4 heteroatoms. The Morgan fingerprint density at radius 1 is 1.00 bits per heavy atom. The lowest BCUT2D eigenvalue weighted by Gasteiger charge is -2.14. The minimum Gasteiger partial charge on any atom is -0.496 e. The van der Waals surface area contributed by atoms with Crippen LogP contribution in [0.3, 0.4) is 0 Å². The molecule has 1 N–H and O–H groups in total. The first-order valence-corrected chi connectivity index (χ1v) is 8.69. The standard InChI is InChI=1S/C21H18BrNO2/c1-14-12-16(22)13-18(20(14)25-2)21(24)23-19-11-7-6-10-17(19)15-8-4-3-5-9-15/h3-13H,1-2H3,(H,23,24). The number of anilines is 1. The van der Waals surface area contributed by atoms with Gasteiger partial charge in [-0.25, -0.2) is 0 Å². The van der Waals surface area contributed by atoms with E-state index in [9.17, 15) is 4.79 Å². The molecule has 0 spiro atoms. The fraction of sp³-hybridized carbons (Fsp3) is 0.0952. The average molecular weight is 396 g/mol. The van der Waals surface area contributed by atoms with Crippen LogP contribution in [0.5, 0.6) is 5.75 Å². The third kappa shape index (κ3) is 3.74. The number of amides is 1. The quantitative estimate of drug-likeness (QED) is 0.616. The Bertz CT molecular complexity index is 907. The number of rotatable bonds is 4. The monoisotopic (exact) mass is 395 g/mol. The van der Waals surface area contributed by atoms with Gasteiger partial charge in [-0.15, -0.1) is 0 Å². The molecular weight excluding hydrogens is 378 g/mol. The van der Waals surface area contributed by atoms with Crippen molar-refractivity contribution in [1.29, 1.82) is 0 Å². The van der Waals surface area contributed by atoms with Crippen molar-refractivity contribution in [2.24, 2.45) is 0 Å². The SMILES string of the molecule is COc1c(C)cc(Br)cc1C(=O)Nc1ccccc1-c1ccccc1. The molecule has 0 unspecified atom stereocenters. The number of nitrogens with one attached hydrogen (secondary N) is 1. The largest absolute Gasteiger partial charge is 0.496 e. The fourth-order valence-electron chi connectivity index (χ4n) is 2.82. The number of carbonyl (C=O) groups is 1. The Morgan fingerprint density at radius 3 is 2.40 bits per heavy atom. The highest BCUT2D eigenvalue weighted by Gasteiger charge is 2.17. The molecule has 0 fully saturated rings. The van der Waals surface area contributed by atoms with Crippen molar-refractivity contribution in [3.8, 4) is 16.9 Å². The van der Waals surface area contributed by atoms with Crippen LogP contribution in [0.25, 0.3) is 11.1 Å². The first kappa shape index (κ1) is 17.2. The lowest BCUT2D eigenvalue weighted by Crippen LogP contribution is -2.14. The molecule has 3 nitrogen and oxygen atoms in total. The molecule has 25 heavy (non-hydrogen) atoms. The molecule has 1 amide bonds. The summed E-state index contributed by atoms with van der Waals surface area (Å²) < 4.78 is 6.26. The van der Waals surface area contributed by atoms with Gasteiger partial charge >= 0.3 is 0 Å². The normalized spacial score (nSPS) is 10.4. The van der Waals surface area contributed by atoms with Gasteiger partial charge in [0.25, 0.3) is 5.91 Å². The summed E-state index contributed by atoms with van der Waals surface area (Å²) in [6.45, 7) is 1.91. The fourth-order valence-corrected chi connectivity index (χ4v) is 3.39. The molecule has 0 radical (unpaired) electrons. The molecule has 3 rings (SSSR count). The van der Waals surface area contributed by atoms with Crippen molar-refractivity contribution in [3.05, 3.63) is 82.3 Å². The number of ether oxygens (including phenoxy) is 1. The van der Waals surface area contributed by atoms with Crippen LogP contribution in [0.4, 0.5) is 5.69 Å². The van der Waals surface area contributed by atoms with Crippen molar-refractivity contribution in [2.45, 2.75) is 6.92 Å². The maximum atomic E-state index is 12.9. The molecule has 0 heterocycles. The van der Waals surface area contributed by atoms with Gasteiger partial charge in [0, 0.05) is 15.7 Å². The third-order valence-corrected chi connectivity index (χ3v) is 4.41. The maximum Gasteiger partial charge on any atom is 0.259 e. The summed E-state index contributed by atoms with van der Waals surface area (Å²) in [7, 11) is 1.57. The number of hydrogen-bond acceptors (Lipinski definition) is 2. The zero-order chi connectivity index (χ0) is 17.8. The topological polar surface area (TPSA) is 38.3 Å². The number of methoxy groups -OCH3 is 1. The van der Waals surface area contributed by atoms with Gasteiger partial charge in [-0.05, 0) is 36.2 Å². The maximum absolute atomic E-state index is 12.9. The summed E-state index contributed by atoms with van der Waals surface area (Å²) in [4.78, 5) is 12.9. The lowest BCUT2D eigenvalue weighted by molar-refractivity contribution is 0.102. The third-order valence-electron chi connectivity index (χ3n) is 3.95. The first-order valence-electron chi connectivity index (χ1n) is 7.90. The zero-order valence-electron chi connectivity index (χ0n) is 14.0. The molecule has 0 saturated heterocycles. The summed E-state index contributed by atoms with van der Waals surface area (Å²) in [6, 6.07) is 21.4. The van der Waals surface area contributed by atoms with E-state index in [4.69, 9.17) is 4.74 Å². The number of hydrogen-bond donors (Lipinski definition) is 1. The van der Waals surface area contributed by atoms with E-state index >= 15 is 0 Å². The summed E-state index contributed by atoms with van der Waals surface area (Å²) >= 11 is 3.45. The summed E-state index contributed by atoms with van der Waals surface area (Å²) in [5.41, 5.74) is 4.19.